The largest absolute Gasteiger partial charge is 0.384 e. The smallest absolute Gasteiger partial charge is 0.105 e. The van der Waals surface area contributed by atoms with Crippen LogP contribution in [0, 0.1) is 23.7 Å². The van der Waals surface area contributed by atoms with Crippen molar-refractivity contribution >= 4 is 33.9 Å². The van der Waals surface area contributed by atoms with Crippen LogP contribution in [0.5, 0.6) is 0 Å². The number of benzene rings is 1. The second-order valence-corrected chi connectivity index (χ2v) is 7.19. The van der Waals surface area contributed by atoms with Gasteiger partial charge >= 0.3 is 0 Å². The quantitative estimate of drug-likeness (QED) is 0.791. The second-order valence-electron chi connectivity index (χ2n) is 4.38. The Bertz CT molecular complexity index is 545. The van der Waals surface area contributed by atoms with Crippen molar-refractivity contribution < 1.29 is 5.11 Å². The Labute approximate surface area is 120 Å². The number of hydrogen-bond acceptors (Lipinski definition) is 2. The highest BCUT2D eigenvalue weighted by molar-refractivity contribution is 14.1. The summed E-state index contributed by atoms with van der Waals surface area (Å²) in [4.78, 5) is 0. The maximum Gasteiger partial charge on any atom is 0.105 e. The van der Waals surface area contributed by atoms with Crippen LogP contribution in [0.15, 0.2) is 23.6 Å². The molecule has 1 unspecified atom stereocenters. The van der Waals surface area contributed by atoms with Gasteiger partial charge in [0.2, 0.25) is 0 Å². The molecule has 1 nitrogen and oxygen atoms in total. The van der Waals surface area contributed by atoms with E-state index in [1.165, 1.54) is 14.0 Å². The van der Waals surface area contributed by atoms with Crippen LogP contribution in [0.3, 0.4) is 0 Å². The first-order valence-electron chi connectivity index (χ1n) is 5.49. The van der Waals surface area contributed by atoms with Gasteiger partial charge in [-0.3, -0.25) is 0 Å². The minimum atomic E-state index is -0.505. The third kappa shape index (κ3) is 2.72. The van der Waals surface area contributed by atoms with Gasteiger partial charge in [-0.1, -0.05) is 12.1 Å². The average Bonchev–Trinajstić information content (AvgIpc) is 2.69. The van der Waals surface area contributed by atoms with Crippen LogP contribution in [0.1, 0.15) is 33.9 Å². The fraction of sp³-hybridized carbons (Fsp3) is 0.286. The van der Waals surface area contributed by atoms with E-state index in [0.717, 1.165) is 16.7 Å². The fourth-order valence-electron chi connectivity index (χ4n) is 1.92. The summed E-state index contributed by atoms with van der Waals surface area (Å²) in [7, 11) is 0. The Morgan fingerprint density at radius 2 is 1.71 bits per heavy atom. The van der Waals surface area contributed by atoms with Crippen LogP contribution < -0.4 is 0 Å². The van der Waals surface area contributed by atoms with Gasteiger partial charge in [0.25, 0.3) is 0 Å². The highest BCUT2D eigenvalue weighted by Crippen LogP contribution is 2.30. The lowest BCUT2D eigenvalue weighted by Crippen LogP contribution is -2.02. The zero-order valence-corrected chi connectivity index (χ0v) is 13.1. The molecule has 0 aliphatic carbocycles. The van der Waals surface area contributed by atoms with E-state index in [4.69, 9.17) is 0 Å². The molecule has 3 heteroatoms. The molecule has 1 atom stereocenters. The van der Waals surface area contributed by atoms with Crippen LogP contribution >= 0.6 is 33.9 Å². The molecular weight excluding hydrogens is 343 g/mol. The second kappa shape index (κ2) is 5.08. The molecule has 1 aromatic heterocycles. The Balaban J connectivity index is 2.43. The van der Waals surface area contributed by atoms with Gasteiger partial charge in [-0.25, -0.2) is 0 Å². The summed E-state index contributed by atoms with van der Waals surface area (Å²) in [6.45, 7) is 6.25. The molecule has 0 saturated carbocycles. The van der Waals surface area contributed by atoms with Crippen LogP contribution in [0.25, 0.3) is 0 Å². The molecule has 0 bridgehead atoms. The van der Waals surface area contributed by atoms with Crippen molar-refractivity contribution in [3.63, 3.8) is 0 Å². The van der Waals surface area contributed by atoms with E-state index in [2.05, 4.69) is 55.5 Å². The summed E-state index contributed by atoms with van der Waals surface area (Å²) < 4.78 is 1.21. The van der Waals surface area contributed by atoms with E-state index in [-0.39, 0.29) is 0 Å². The van der Waals surface area contributed by atoms with Crippen LogP contribution in [0.4, 0.5) is 0 Å². The summed E-state index contributed by atoms with van der Waals surface area (Å²) in [5.41, 5.74) is 5.67. The molecule has 1 aromatic carbocycles. The molecule has 17 heavy (non-hydrogen) atoms. The van der Waals surface area contributed by atoms with Crippen molar-refractivity contribution in [3.8, 4) is 0 Å². The number of rotatable bonds is 2. The van der Waals surface area contributed by atoms with E-state index >= 15 is 0 Å². The summed E-state index contributed by atoms with van der Waals surface area (Å²) in [6, 6.07) is 6.29. The van der Waals surface area contributed by atoms with Crippen molar-refractivity contribution in [3.05, 3.63) is 54.3 Å². The molecule has 0 radical (unpaired) electrons. The number of hydrogen-bond donors (Lipinski definition) is 1. The van der Waals surface area contributed by atoms with Crippen LogP contribution in [0.2, 0.25) is 0 Å². The van der Waals surface area contributed by atoms with Crippen LogP contribution in [-0.2, 0) is 0 Å². The molecule has 2 aromatic rings. The van der Waals surface area contributed by atoms with E-state index < -0.39 is 6.10 Å². The lowest BCUT2D eigenvalue weighted by molar-refractivity contribution is 0.220. The lowest BCUT2D eigenvalue weighted by Gasteiger charge is -2.15. The molecule has 90 valence electrons. The fourth-order valence-corrected chi connectivity index (χ4v) is 3.31. The maximum atomic E-state index is 10.4. The average molecular weight is 358 g/mol. The van der Waals surface area contributed by atoms with Gasteiger partial charge in [0, 0.05) is 0 Å². The first-order chi connectivity index (χ1) is 7.99. The highest BCUT2D eigenvalue weighted by Gasteiger charge is 2.15. The minimum absolute atomic E-state index is 0.505. The van der Waals surface area contributed by atoms with Crippen molar-refractivity contribution in [1.82, 2.24) is 0 Å². The Morgan fingerprint density at radius 1 is 1.06 bits per heavy atom. The molecule has 0 fully saturated rings. The van der Waals surface area contributed by atoms with Gasteiger partial charge in [-0.05, 0) is 82.6 Å². The van der Waals surface area contributed by atoms with Gasteiger partial charge in [-0.2, -0.15) is 0 Å². The molecule has 0 spiro atoms. The SMILES string of the molecule is Cc1cc(C)c(C(O)c2csc(I)c2)cc1C. The molecule has 2 rings (SSSR count). The van der Waals surface area contributed by atoms with Crippen molar-refractivity contribution in [2.75, 3.05) is 0 Å². The van der Waals surface area contributed by atoms with Gasteiger partial charge < -0.3 is 5.11 Å². The summed E-state index contributed by atoms with van der Waals surface area (Å²) >= 11 is 3.95. The van der Waals surface area contributed by atoms with E-state index in [1.807, 2.05) is 11.4 Å². The highest BCUT2D eigenvalue weighted by atomic mass is 127. The van der Waals surface area contributed by atoms with Gasteiger partial charge in [0.05, 0.1) is 2.88 Å². The van der Waals surface area contributed by atoms with E-state index in [0.29, 0.717) is 0 Å². The Morgan fingerprint density at radius 3 is 2.29 bits per heavy atom. The van der Waals surface area contributed by atoms with Crippen molar-refractivity contribution in [2.45, 2.75) is 26.9 Å². The molecular formula is C14H15IOS. The van der Waals surface area contributed by atoms with Gasteiger partial charge in [-0.15, -0.1) is 11.3 Å². The first kappa shape index (κ1) is 13.1. The van der Waals surface area contributed by atoms with Crippen LogP contribution in [-0.4, -0.2) is 5.11 Å². The molecule has 0 aliphatic rings. The van der Waals surface area contributed by atoms with Crippen molar-refractivity contribution in [1.29, 1.82) is 0 Å². The maximum absolute atomic E-state index is 10.4. The number of aryl methyl sites for hydroxylation is 3. The minimum Gasteiger partial charge on any atom is -0.384 e. The normalized spacial score (nSPS) is 12.8. The van der Waals surface area contributed by atoms with Crippen molar-refractivity contribution in [2.24, 2.45) is 0 Å². The molecule has 0 aliphatic heterocycles. The zero-order valence-electron chi connectivity index (χ0n) is 10.1. The molecule has 0 amide bonds. The summed E-state index contributed by atoms with van der Waals surface area (Å²) in [5, 5.41) is 12.4. The number of halogens is 1. The number of aliphatic hydroxyl groups is 1. The number of thiophene rings is 1. The third-order valence-electron chi connectivity index (χ3n) is 3.08. The third-order valence-corrected chi connectivity index (χ3v) is 4.89. The summed E-state index contributed by atoms with van der Waals surface area (Å²) in [6.07, 6.45) is -0.505. The predicted molar refractivity (Wildman–Crippen MR) is 81.8 cm³/mol. The number of aliphatic hydroxyl groups excluding tert-OH is 1. The topological polar surface area (TPSA) is 20.2 Å². The predicted octanol–water partition coefficient (Wildman–Crippen LogP) is 4.36. The monoisotopic (exact) mass is 358 g/mol. The van der Waals surface area contributed by atoms with E-state index in [9.17, 15) is 5.11 Å². The molecule has 1 N–H and O–H groups in total. The standard InChI is InChI=1S/C14H15IOS/c1-8-4-10(3)12(5-9(8)2)14(16)11-6-13(15)17-7-11/h4-7,14,16H,1-3H3. The molecule has 1 heterocycles. The Hall–Kier alpha value is -0.390. The van der Waals surface area contributed by atoms with Gasteiger partial charge in [0.1, 0.15) is 6.10 Å². The van der Waals surface area contributed by atoms with E-state index in [1.54, 1.807) is 11.3 Å². The molecule has 0 saturated heterocycles. The first-order valence-corrected chi connectivity index (χ1v) is 7.44. The lowest BCUT2D eigenvalue weighted by atomic mass is 9.95. The van der Waals surface area contributed by atoms with Gasteiger partial charge in [0.15, 0.2) is 0 Å². The Kier molecular flexibility index (Phi) is 3.90. The zero-order chi connectivity index (χ0) is 12.6. The summed E-state index contributed by atoms with van der Waals surface area (Å²) in [5.74, 6) is 0.